The molecule has 106 valence electrons. The van der Waals surface area contributed by atoms with E-state index < -0.39 is 0 Å². The molecule has 0 saturated heterocycles. The fourth-order valence-corrected chi connectivity index (χ4v) is 4.06. The molecule has 3 rings (SSSR count). The molecule has 1 fully saturated rings. The lowest BCUT2D eigenvalue weighted by Gasteiger charge is -2.31. The molecule has 0 heterocycles. The van der Waals surface area contributed by atoms with Gasteiger partial charge in [-0.15, -0.1) is 0 Å². The van der Waals surface area contributed by atoms with Crippen molar-refractivity contribution in [3.8, 4) is 0 Å². The van der Waals surface area contributed by atoms with Gasteiger partial charge in [0.15, 0.2) is 0 Å². The minimum Gasteiger partial charge on any atom is -0.0628 e. The summed E-state index contributed by atoms with van der Waals surface area (Å²) in [5, 5.41) is 2.88. The van der Waals surface area contributed by atoms with Crippen molar-refractivity contribution in [1.29, 1.82) is 0 Å². The van der Waals surface area contributed by atoms with E-state index >= 15 is 0 Å². The van der Waals surface area contributed by atoms with Gasteiger partial charge in [-0.25, -0.2) is 0 Å². The van der Waals surface area contributed by atoms with Crippen molar-refractivity contribution < 1.29 is 0 Å². The van der Waals surface area contributed by atoms with E-state index in [9.17, 15) is 0 Å². The van der Waals surface area contributed by atoms with Crippen molar-refractivity contribution in [2.24, 2.45) is 11.8 Å². The highest BCUT2D eigenvalue weighted by molar-refractivity contribution is 5.86. The fourth-order valence-electron chi connectivity index (χ4n) is 4.06. The van der Waals surface area contributed by atoms with Crippen molar-refractivity contribution >= 4 is 10.8 Å². The molecule has 0 nitrogen and oxygen atoms in total. The Morgan fingerprint density at radius 2 is 1.80 bits per heavy atom. The topological polar surface area (TPSA) is 0 Å². The molecule has 2 aromatic rings. The molecule has 2 aromatic carbocycles. The number of fused-ring (bicyclic) bond motifs is 1. The molecule has 1 saturated carbocycles. The second-order valence-corrected chi connectivity index (χ2v) is 6.93. The Labute approximate surface area is 123 Å². The van der Waals surface area contributed by atoms with E-state index in [0.717, 1.165) is 17.8 Å². The van der Waals surface area contributed by atoms with Crippen LogP contribution in [0.4, 0.5) is 0 Å². The van der Waals surface area contributed by atoms with Gasteiger partial charge in [0.05, 0.1) is 0 Å². The maximum absolute atomic E-state index is 2.37. The van der Waals surface area contributed by atoms with Crippen LogP contribution in [-0.4, -0.2) is 0 Å². The van der Waals surface area contributed by atoms with Crippen LogP contribution in [0.5, 0.6) is 0 Å². The molecular weight excluding hydrogens is 240 g/mol. The van der Waals surface area contributed by atoms with Crippen molar-refractivity contribution in [3.05, 3.63) is 48.0 Å². The van der Waals surface area contributed by atoms with Gasteiger partial charge in [-0.05, 0) is 53.4 Å². The molecule has 1 aliphatic carbocycles. The van der Waals surface area contributed by atoms with Crippen LogP contribution in [0, 0.1) is 11.8 Å². The van der Waals surface area contributed by atoms with Gasteiger partial charge in [-0.3, -0.25) is 0 Å². The normalized spacial score (nSPS) is 23.4. The van der Waals surface area contributed by atoms with E-state index in [4.69, 9.17) is 0 Å². The third-order valence-corrected chi connectivity index (χ3v) is 4.85. The molecule has 0 aliphatic heterocycles. The maximum atomic E-state index is 2.37. The zero-order valence-electron chi connectivity index (χ0n) is 12.8. The Morgan fingerprint density at radius 3 is 2.65 bits per heavy atom. The van der Waals surface area contributed by atoms with Gasteiger partial charge in [0.25, 0.3) is 0 Å². The summed E-state index contributed by atoms with van der Waals surface area (Å²) in [6, 6.07) is 15.7. The van der Waals surface area contributed by atoms with E-state index in [-0.39, 0.29) is 0 Å². The molecule has 0 aromatic heterocycles. The molecule has 20 heavy (non-hydrogen) atoms. The van der Waals surface area contributed by atoms with Crippen molar-refractivity contribution in [2.45, 2.75) is 51.9 Å². The van der Waals surface area contributed by atoms with Crippen molar-refractivity contribution in [3.63, 3.8) is 0 Å². The molecule has 2 atom stereocenters. The molecule has 0 radical (unpaired) electrons. The van der Waals surface area contributed by atoms with Crippen LogP contribution >= 0.6 is 0 Å². The Balaban J connectivity index is 1.87. The molecule has 0 bridgehead atoms. The molecule has 0 amide bonds. The highest BCUT2D eigenvalue weighted by atomic mass is 14.3. The third-order valence-electron chi connectivity index (χ3n) is 4.85. The van der Waals surface area contributed by atoms with Crippen LogP contribution in [-0.2, 0) is 0 Å². The van der Waals surface area contributed by atoms with E-state index in [2.05, 4.69) is 56.3 Å². The SMILES string of the molecule is CC(C)CC1CCCC(c2cccc3ccccc23)C1. The molecule has 0 N–H and O–H groups in total. The van der Waals surface area contributed by atoms with Crippen LogP contribution in [0.3, 0.4) is 0 Å². The summed E-state index contributed by atoms with van der Waals surface area (Å²) >= 11 is 0. The Hall–Kier alpha value is -1.30. The van der Waals surface area contributed by atoms with E-state index in [1.54, 1.807) is 5.56 Å². The van der Waals surface area contributed by atoms with Crippen LogP contribution in [0.2, 0.25) is 0 Å². The van der Waals surface area contributed by atoms with Gasteiger partial charge in [0.2, 0.25) is 0 Å². The first-order chi connectivity index (χ1) is 9.74. The first-order valence-corrected chi connectivity index (χ1v) is 8.21. The molecule has 0 spiro atoms. The summed E-state index contributed by atoms with van der Waals surface area (Å²) in [6.45, 7) is 4.73. The Bertz CT molecular complexity index is 562. The second kappa shape index (κ2) is 5.99. The summed E-state index contributed by atoms with van der Waals surface area (Å²) in [5.74, 6) is 2.55. The highest BCUT2D eigenvalue weighted by Gasteiger charge is 2.24. The lowest BCUT2D eigenvalue weighted by Crippen LogP contribution is -2.16. The van der Waals surface area contributed by atoms with Crippen LogP contribution in [0.15, 0.2) is 42.5 Å². The minimum absolute atomic E-state index is 0.776. The zero-order chi connectivity index (χ0) is 13.9. The Morgan fingerprint density at radius 1 is 1.00 bits per heavy atom. The summed E-state index contributed by atoms with van der Waals surface area (Å²) in [7, 11) is 0. The Kier molecular flexibility index (Phi) is 4.10. The smallest absolute Gasteiger partial charge is 0.0149 e. The average molecular weight is 266 g/mol. The van der Waals surface area contributed by atoms with Gasteiger partial charge in [0.1, 0.15) is 0 Å². The number of rotatable bonds is 3. The number of hydrogen-bond donors (Lipinski definition) is 0. The predicted octanol–water partition coefficient (Wildman–Crippen LogP) is 6.16. The van der Waals surface area contributed by atoms with E-state index in [0.29, 0.717) is 0 Å². The van der Waals surface area contributed by atoms with E-state index in [1.165, 1.54) is 42.9 Å². The maximum Gasteiger partial charge on any atom is -0.0149 e. The standard InChI is InChI=1S/C20H26/c1-15(2)13-16-7-5-10-18(14-16)20-12-6-9-17-8-3-4-11-19(17)20/h3-4,6,8-9,11-12,15-16,18H,5,7,10,13-14H2,1-2H3. The van der Waals surface area contributed by atoms with Crippen molar-refractivity contribution in [2.75, 3.05) is 0 Å². The van der Waals surface area contributed by atoms with Gasteiger partial charge in [-0.2, -0.15) is 0 Å². The molecule has 0 heteroatoms. The summed E-state index contributed by atoms with van der Waals surface area (Å²) < 4.78 is 0. The number of hydrogen-bond acceptors (Lipinski definition) is 0. The van der Waals surface area contributed by atoms with Gasteiger partial charge < -0.3 is 0 Å². The minimum atomic E-state index is 0.776. The summed E-state index contributed by atoms with van der Waals surface area (Å²) in [4.78, 5) is 0. The largest absolute Gasteiger partial charge is 0.0628 e. The fraction of sp³-hybridized carbons (Fsp3) is 0.500. The van der Waals surface area contributed by atoms with Gasteiger partial charge in [-0.1, -0.05) is 69.2 Å². The van der Waals surface area contributed by atoms with Crippen molar-refractivity contribution in [1.82, 2.24) is 0 Å². The first kappa shape index (κ1) is 13.7. The lowest BCUT2D eigenvalue weighted by molar-refractivity contribution is 0.279. The molecular formula is C20H26. The van der Waals surface area contributed by atoms with E-state index in [1.807, 2.05) is 0 Å². The molecule has 2 unspecified atom stereocenters. The third kappa shape index (κ3) is 2.90. The van der Waals surface area contributed by atoms with Crippen LogP contribution in [0.1, 0.15) is 57.4 Å². The summed E-state index contributed by atoms with van der Waals surface area (Å²) in [6.07, 6.45) is 7.03. The highest BCUT2D eigenvalue weighted by Crippen LogP contribution is 2.40. The monoisotopic (exact) mass is 266 g/mol. The zero-order valence-corrected chi connectivity index (χ0v) is 12.8. The number of benzene rings is 2. The van der Waals surface area contributed by atoms with Crippen LogP contribution < -0.4 is 0 Å². The summed E-state index contributed by atoms with van der Waals surface area (Å²) in [5.41, 5.74) is 1.59. The molecule has 1 aliphatic rings. The second-order valence-electron chi connectivity index (χ2n) is 6.93. The first-order valence-electron chi connectivity index (χ1n) is 8.21. The van der Waals surface area contributed by atoms with Gasteiger partial charge >= 0.3 is 0 Å². The predicted molar refractivity (Wildman–Crippen MR) is 88.1 cm³/mol. The average Bonchev–Trinajstić information content (AvgIpc) is 2.46. The lowest BCUT2D eigenvalue weighted by atomic mass is 9.74. The quantitative estimate of drug-likeness (QED) is 0.624. The van der Waals surface area contributed by atoms with Crippen LogP contribution in [0.25, 0.3) is 10.8 Å². The van der Waals surface area contributed by atoms with Gasteiger partial charge in [0, 0.05) is 0 Å².